The Balaban J connectivity index is 2.58. The lowest BCUT2D eigenvalue weighted by Gasteiger charge is -2.29. The van der Waals surface area contributed by atoms with Crippen molar-refractivity contribution in [1.29, 1.82) is 0 Å². The quantitative estimate of drug-likeness (QED) is 0.672. The second kappa shape index (κ2) is 4.60. The summed E-state index contributed by atoms with van der Waals surface area (Å²) in [6.45, 7) is 6.13. The van der Waals surface area contributed by atoms with Gasteiger partial charge in [-0.25, -0.2) is 0 Å². The van der Waals surface area contributed by atoms with Crippen molar-refractivity contribution < 1.29 is 14.0 Å². The van der Waals surface area contributed by atoms with Gasteiger partial charge >= 0.3 is 0 Å². The van der Waals surface area contributed by atoms with Gasteiger partial charge in [0.2, 0.25) is 0 Å². The third-order valence-electron chi connectivity index (χ3n) is 3.23. The van der Waals surface area contributed by atoms with Crippen LogP contribution in [0.25, 0.3) is 0 Å². The van der Waals surface area contributed by atoms with Gasteiger partial charge in [-0.3, -0.25) is 4.79 Å². The second-order valence-corrected chi connectivity index (χ2v) is 5.20. The Morgan fingerprint density at radius 3 is 2.53 bits per heavy atom. The molecule has 2 N–H and O–H groups in total. The molecule has 0 bridgehead atoms. The van der Waals surface area contributed by atoms with Gasteiger partial charge < -0.3 is 15.0 Å². The van der Waals surface area contributed by atoms with Crippen molar-refractivity contribution in [2.45, 2.75) is 26.0 Å². The molecule has 0 aromatic rings. The van der Waals surface area contributed by atoms with E-state index in [4.69, 9.17) is 10.5 Å². The lowest BCUT2D eigenvalue weighted by atomic mass is 10.1. The minimum absolute atomic E-state index is 0.0555. The number of methoxy groups -OCH3 is 1. The van der Waals surface area contributed by atoms with Gasteiger partial charge in [0, 0.05) is 13.0 Å². The Labute approximate surface area is 92.0 Å². The summed E-state index contributed by atoms with van der Waals surface area (Å²) in [6.07, 6.45) is 0.0926. The van der Waals surface area contributed by atoms with E-state index in [1.54, 1.807) is 7.11 Å². The molecule has 4 nitrogen and oxygen atoms in total. The summed E-state index contributed by atoms with van der Waals surface area (Å²) >= 11 is 0. The number of nitrogens with two attached hydrogens (primary N) is 1. The summed E-state index contributed by atoms with van der Waals surface area (Å²) in [5, 5.41) is 0. The number of nitrogens with zero attached hydrogens (tertiary/aromatic N) is 1. The third-order valence-corrected chi connectivity index (χ3v) is 3.23. The first-order chi connectivity index (χ1) is 6.88. The van der Waals surface area contributed by atoms with E-state index in [1.807, 2.05) is 13.8 Å². The number of hydrogen-bond donors (Lipinski definition) is 1. The van der Waals surface area contributed by atoms with E-state index in [0.717, 1.165) is 17.6 Å². The van der Waals surface area contributed by atoms with Crippen molar-refractivity contribution >= 4 is 5.78 Å². The number of carbonyl (C=O) groups is 1. The molecule has 1 saturated heterocycles. The normalized spacial score (nSPS) is 36.1. The molecule has 15 heavy (non-hydrogen) atoms. The van der Waals surface area contributed by atoms with E-state index in [9.17, 15) is 4.79 Å². The molecular formula is C11H23N2O2+. The summed E-state index contributed by atoms with van der Waals surface area (Å²) in [6, 6.07) is 0.0555. The highest BCUT2D eigenvalue weighted by Gasteiger charge is 2.42. The fourth-order valence-corrected chi connectivity index (χ4v) is 2.21. The molecule has 0 aliphatic carbocycles. The van der Waals surface area contributed by atoms with Gasteiger partial charge in [0.15, 0.2) is 5.78 Å². The number of likely N-dealkylation sites (tertiary alicyclic amines) is 1. The monoisotopic (exact) mass is 215 g/mol. The maximum atomic E-state index is 11.7. The van der Waals surface area contributed by atoms with Crippen molar-refractivity contribution in [1.82, 2.24) is 0 Å². The third kappa shape index (κ3) is 3.00. The van der Waals surface area contributed by atoms with Crippen molar-refractivity contribution in [3.05, 3.63) is 0 Å². The van der Waals surface area contributed by atoms with Gasteiger partial charge in [-0.15, -0.1) is 0 Å². The molecular weight excluding hydrogens is 192 g/mol. The molecule has 3 atom stereocenters. The molecule has 1 aliphatic heterocycles. The number of quaternary nitrogens is 1. The summed E-state index contributed by atoms with van der Waals surface area (Å²) in [5.41, 5.74) is 5.97. The fourth-order valence-electron chi connectivity index (χ4n) is 2.21. The van der Waals surface area contributed by atoms with E-state index >= 15 is 0 Å². The van der Waals surface area contributed by atoms with Gasteiger partial charge in [0.05, 0.1) is 19.6 Å². The highest BCUT2D eigenvalue weighted by atomic mass is 16.5. The van der Waals surface area contributed by atoms with Gasteiger partial charge in [0.1, 0.15) is 19.2 Å². The molecule has 0 saturated carbocycles. The number of ketones is 1. The van der Waals surface area contributed by atoms with Crippen LogP contribution >= 0.6 is 0 Å². The number of ether oxygens (including phenoxy) is 1. The molecule has 1 unspecified atom stereocenters. The average molecular weight is 215 g/mol. The van der Waals surface area contributed by atoms with Crippen LogP contribution in [-0.4, -0.2) is 56.2 Å². The molecule has 0 aromatic heterocycles. The van der Waals surface area contributed by atoms with E-state index in [-0.39, 0.29) is 18.1 Å². The molecule has 0 radical (unpaired) electrons. The molecule has 1 heterocycles. The highest BCUT2D eigenvalue weighted by molar-refractivity contribution is 5.81. The summed E-state index contributed by atoms with van der Waals surface area (Å²) in [5.74, 6) is 0.416. The Hall–Kier alpha value is -0.450. The van der Waals surface area contributed by atoms with Crippen LogP contribution in [0.3, 0.4) is 0 Å². The van der Waals surface area contributed by atoms with Crippen LogP contribution in [0, 0.1) is 5.92 Å². The molecule has 1 fully saturated rings. The van der Waals surface area contributed by atoms with Crippen LogP contribution in [0.4, 0.5) is 0 Å². The summed E-state index contributed by atoms with van der Waals surface area (Å²) in [4.78, 5) is 11.7. The van der Waals surface area contributed by atoms with E-state index in [0.29, 0.717) is 12.3 Å². The predicted octanol–water partition coefficient (Wildman–Crippen LogP) is 0.0140. The highest BCUT2D eigenvalue weighted by Crippen LogP contribution is 2.19. The Bertz CT molecular complexity index is 243. The Morgan fingerprint density at radius 2 is 2.13 bits per heavy atom. The lowest BCUT2D eigenvalue weighted by Crippen LogP contribution is -2.48. The van der Waals surface area contributed by atoms with Crippen LogP contribution in [0.1, 0.15) is 13.8 Å². The van der Waals surface area contributed by atoms with Crippen LogP contribution in [0.15, 0.2) is 0 Å². The van der Waals surface area contributed by atoms with Gasteiger partial charge in [0.25, 0.3) is 0 Å². The van der Waals surface area contributed by atoms with Gasteiger partial charge in [-0.1, -0.05) is 13.8 Å². The van der Waals surface area contributed by atoms with Crippen molar-refractivity contribution in [3.8, 4) is 0 Å². The molecule has 0 amide bonds. The molecule has 1 rings (SSSR count). The van der Waals surface area contributed by atoms with Gasteiger partial charge in [-0.05, 0) is 0 Å². The number of carbonyl (C=O) groups excluding carboxylic acids is 1. The van der Waals surface area contributed by atoms with Crippen molar-refractivity contribution in [3.63, 3.8) is 0 Å². The number of rotatable bonds is 4. The summed E-state index contributed by atoms with van der Waals surface area (Å²) in [7, 11) is 3.77. The van der Waals surface area contributed by atoms with Crippen LogP contribution < -0.4 is 5.73 Å². The largest absolute Gasteiger partial charge is 0.374 e. The van der Waals surface area contributed by atoms with Crippen LogP contribution in [-0.2, 0) is 9.53 Å². The first kappa shape index (κ1) is 12.6. The second-order valence-electron chi connectivity index (χ2n) is 5.20. The lowest BCUT2D eigenvalue weighted by molar-refractivity contribution is -0.891. The van der Waals surface area contributed by atoms with E-state index in [2.05, 4.69) is 7.05 Å². The fraction of sp³-hybridized carbons (Fsp3) is 0.909. The SMILES string of the molecule is CO[C@H]1C[N+](C)(CC(=O)C(C)C)C[C@@H]1N. The Kier molecular flexibility index (Phi) is 3.87. The van der Waals surface area contributed by atoms with Crippen molar-refractivity contribution in [2.24, 2.45) is 11.7 Å². The molecule has 0 aromatic carbocycles. The zero-order valence-electron chi connectivity index (χ0n) is 10.2. The average Bonchev–Trinajstić information content (AvgIpc) is 2.40. The van der Waals surface area contributed by atoms with E-state index in [1.165, 1.54) is 0 Å². The maximum absolute atomic E-state index is 11.7. The summed E-state index contributed by atoms with van der Waals surface area (Å²) < 4.78 is 6.03. The first-order valence-electron chi connectivity index (χ1n) is 5.52. The zero-order valence-corrected chi connectivity index (χ0v) is 10.2. The standard InChI is InChI=1S/C11H23N2O2/c1-8(2)10(14)6-13(3)5-9(12)11(7-13)15-4/h8-9,11H,5-7,12H2,1-4H3/q+1/t9-,11-,13?/m0/s1. The predicted molar refractivity (Wildman–Crippen MR) is 59.4 cm³/mol. The van der Waals surface area contributed by atoms with Crippen LogP contribution in [0.2, 0.25) is 0 Å². The minimum Gasteiger partial charge on any atom is -0.374 e. The number of hydrogen-bond acceptors (Lipinski definition) is 3. The molecule has 0 spiro atoms. The van der Waals surface area contributed by atoms with Crippen LogP contribution in [0.5, 0.6) is 0 Å². The van der Waals surface area contributed by atoms with Gasteiger partial charge in [-0.2, -0.15) is 0 Å². The maximum Gasteiger partial charge on any atom is 0.189 e. The molecule has 88 valence electrons. The molecule has 1 aliphatic rings. The Morgan fingerprint density at radius 1 is 1.53 bits per heavy atom. The van der Waals surface area contributed by atoms with Crippen molar-refractivity contribution in [2.75, 3.05) is 33.8 Å². The minimum atomic E-state index is 0.0555. The topological polar surface area (TPSA) is 52.3 Å². The number of Topliss-reactive ketones (excluding diaryl/α,β-unsaturated/α-hetero) is 1. The van der Waals surface area contributed by atoms with E-state index < -0.39 is 0 Å². The number of likely N-dealkylation sites (N-methyl/N-ethyl adjacent to an activating group) is 1. The first-order valence-corrected chi connectivity index (χ1v) is 5.52. The zero-order chi connectivity index (χ0) is 11.6. The smallest absolute Gasteiger partial charge is 0.189 e. The molecule has 4 heteroatoms.